The van der Waals surface area contributed by atoms with Gasteiger partial charge in [0, 0.05) is 68.5 Å². The highest BCUT2D eigenvalue weighted by molar-refractivity contribution is 6.06. The highest BCUT2D eigenvalue weighted by Crippen LogP contribution is 2.33. The Morgan fingerprint density at radius 3 is 2.82 bits per heavy atom. The van der Waals surface area contributed by atoms with Crippen molar-refractivity contribution in [3.8, 4) is 17.3 Å². The first-order chi connectivity index (χ1) is 21.3. The van der Waals surface area contributed by atoms with Crippen LogP contribution < -0.4 is 20.7 Å². The molecule has 1 fully saturated rings. The summed E-state index contributed by atoms with van der Waals surface area (Å²) in [5, 5.41) is 14.1. The zero-order chi connectivity index (χ0) is 30.8. The van der Waals surface area contributed by atoms with Gasteiger partial charge in [-0.2, -0.15) is 10.1 Å². The third-order valence-corrected chi connectivity index (χ3v) is 7.53. The molecule has 4 aromatic heterocycles. The molecule has 0 bridgehead atoms. The van der Waals surface area contributed by atoms with Crippen LogP contribution in [0.3, 0.4) is 0 Å². The third kappa shape index (κ3) is 6.06. The lowest BCUT2D eigenvalue weighted by Crippen LogP contribution is -2.33. The number of para-hydroxylation sites is 1. The second-order valence-electron chi connectivity index (χ2n) is 10.7. The summed E-state index contributed by atoms with van der Waals surface area (Å²) >= 11 is 0. The number of nitrogens with one attached hydrogen (secondary N) is 4. The molecule has 5 aromatic rings. The Labute approximate surface area is 253 Å². The van der Waals surface area contributed by atoms with Gasteiger partial charge in [0.15, 0.2) is 5.82 Å². The number of likely N-dealkylation sites (tertiary alicyclic amines) is 1. The molecular formula is C30H33N11O3. The molecule has 5 heterocycles. The lowest BCUT2D eigenvalue weighted by atomic mass is 10.1. The fraction of sp³-hybridized carbons (Fsp3) is 0.300. The molecule has 0 saturated carbocycles. The minimum Gasteiger partial charge on any atom is -0.459 e. The van der Waals surface area contributed by atoms with E-state index in [2.05, 4.69) is 41.0 Å². The highest BCUT2D eigenvalue weighted by Gasteiger charge is 2.27. The Balaban J connectivity index is 1.12. The van der Waals surface area contributed by atoms with Gasteiger partial charge < -0.3 is 25.7 Å². The van der Waals surface area contributed by atoms with Crippen molar-refractivity contribution in [2.24, 2.45) is 7.05 Å². The van der Waals surface area contributed by atoms with Crippen LogP contribution >= 0.6 is 0 Å². The van der Waals surface area contributed by atoms with E-state index in [1.165, 1.54) is 19.3 Å². The van der Waals surface area contributed by atoms with Crippen molar-refractivity contribution in [1.82, 2.24) is 44.9 Å². The standard InChI is InChI=1S/C30H33N11O3/c1-17-13-34-29(37-24-12-18(2)40(4)39-24)38-26(17)21-14-33-27-20(21)6-5-7-22(27)35-25(42)16-41-11-9-19(15-41)44-30-32-10-8-23(36-30)28(43)31-3/h5-8,10,12-14,19,33H,9,11,15-16H2,1-4H3,(H,31,43)(H,35,42)(H,34,37,38,39). The number of hydrogen-bond acceptors (Lipinski definition) is 10. The average Bonchev–Trinajstić information content (AvgIpc) is 3.72. The number of fused-ring (bicyclic) bond motifs is 1. The van der Waals surface area contributed by atoms with Gasteiger partial charge in [-0.05, 0) is 38.0 Å². The molecule has 0 spiro atoms. The van der Waals surface area contributed by atoms with Crippen molar-refractivity contribution < 1.29 is 14.3 Å². The fourth-order valence-corrected chi connectivity index (χ4v) is 5.20. The van der Waals surface area contributed by atoms with Crippen LogP contribution in [0, 0.1) is 13.8 Å². The van der Waals surface area contributed by atoms with E-state index in [-0.39, 0.29) is 36.2 Å². The number of benzene rings is 1. The van der Waals surface area contributed by atoms with Gasteiger partial charge in [-0.1, -0.05) is 12.1 Å². The van der Waals surface area contributed by atoms with E-state index in [4.69, 9.17) is 9.72 Å². The number of amides is 2. The molecule has 226 valence electrons. The number of ether oxygens (including phenoxy) is 1. The number of aromatic amines is 1. The summed E-state index contributed by atoms with van der Waals surface area (Å²) in [4.78, 5) is 47.8. The predicted octanol–water partition coefficient (Wildman–Crippen LogP) is 2.96. The van der Waals surface area contributed by atoms with Crippen molar-refractivity contribution in [2.45, 2.75) is 26.4 Å². The lowest BCUT2D eigenvalue weighted by molar-refractivity contribution is -0.117. The van der Waals surface area contributed by atoms with E-state index in [9.17, 15) is 9.59 Å². The SMILES string of the molecule is CNC(=O)c1ccnc(OC2CCN(CC(=O)Nc3cccc4c(-c5nc(Nc6cc(C)n(C)n6)ncc5C)c[nH]c34)C2)n1. The molecule has 1 aliphatic heterocycles. The fourth-order valence-electron chi connectivity index (χ4n) is 5.20. The van der Waals surface area contributed by atoms with Crippen LogP contribution in [-0.2, 0) is 11.8 Å². The van der Waals surface area contributed by atoms with Crippen LogP contribution in [0.25, 0.3) is 22.2 Å². The minimum atomic E-state index is -0.309. The van der Waals surface area contributed by atoms with Gasteiger partial charge in [0.2, 0.25) is 11.9 Å². The summed E-state index contributed by atoms with van der Waals surface area (Å²) in [5.74, 6) is 0.669. The van der Waals surface area contributed by atoms with E-state index >= 15 is 0 Å². The minimum absolute atomic E-state index is 0.137. The maximum atomic E-state index is 13.1. The molecule has 44 heavy (non-hydrogen) atoms. The Morgan fingerprint density at radius 1 is 1.16 bits per heavy atom. The van der Waals surface area contributed by atoms with E-state index in [0.29, 0.717) is 37.0 Å². The maximum Gasteiger partial charge on any atom is 0.317 e. The zero-order valence-electron chi connectivity index (χ0n) is 24.9. The summed E-state index contributed by atoms with van der Waals surface area (Å²) in [6.07, 6.45) is 5.70. The Bertz CT molecular complexity index is 1830. The van der Waals surface area contributed by atoms with E-state index in [0.717, 1.165) is 33.4 Å². The second kappa shape index (κ2) is 12.1. The molecule has 1 atom stereocenters. The van der Waals surface area contributed by atoms with Gasteiger partial charge >= 0.3 is 6.01 Å². The Hall–Kier alpha value is -5.37. The summed E-state index contributed by atoms with van der Waals surface area (Å²) < 4.78 is 7.69. The summed E-state index contributed by atoms with van der Waals surface area (Å²) in [6, 6.07) is 9.38. The summed E-state index contributed by atoms with van der Waals surface area (Å²) in [7, 11) is 3.42. The quantitative estimate of drug-likeness (QED) is 0.199. The molecule has 4 N–H and O–H groups in total. The van der Waals surface area contributed by atoms with Gasteiger partial charge in [-0.25, -0.2) is 15.0 Å². The van der Waals surface area contributed by atoms with Crippen molar-refractivity contribution in [1.29, 1.82) is 0 Å². The van der Waals surface area contributed by atoms with Gasteiger partial charge in [0.1, 0.15) is 11.8 Å². The smallest absolute Gasteiger partial charge is 0.317 e. The van der Waals surface area contributed by atoms with E-state index < -0.39 is 0 Å². The van der Waals surface area contributed by atoms with Gasteiger partial charge in [0.05, 0.1) is 23.4 Å². The second-order valence-corrected chi connectivity index (χ2v) is 10.7. The number of H-pyrrole nitrogens is 1. The highest BCUT2D eigenvalue weighted by atomic mass is 16.5. The lowest BCUT2D eigenvalue weighted by Gasteiger charge is -2.16. The molecule has 6 rings (SSSR count). The number of anilines is 3. The summed E-state index contributed by atoms with van der Waals surface area (Å²) in [6.45, 7) is 5.37. The number of nitrogens with zero attached hydrogens (tertiary/aromatic N) is 7. The van der Waals surface area contributed by atoms with E-state index in [1.807, 2.05) is 56.3 Å². The Kier molecular flexibility index (Phi) is 7.89. The topological polar surface area (TPSA) is 168 Å². The normalized spacial score (nSPS) is 15.0. The number of carbonyl (C=O) groups is 2. The molecule has 1 aliphatic rings. The van der Waals surface area contributed by atoms with Crippen LogP contribution in [0.4, 0.5) is 17.5 Å². The largest absolute Gasteiger partial charge is 0.459 e. The molecule has 1 aromatic carbocycles. The van der Waals surface area contributed by atoms with Crippen LogP contribution in [0.1, 0.15) is 28.2 Å². The van der Waals surface area contributed by atoms with Gasteiger partial charge in [0.25, 0.3) is 5.91 Å². The molecule has 1 saturated heterocycles. The van der Waals surface area contributed by atoms with Crippen molar-refractivity contribution >= 4 is 40.2 Å². The first-order valence-electron chi connectivity index (χ1n) is 14.2. The van der Waals surface area contributed by atoms with Gasteiger partial charge in [-0.15, -0.1) is 0 Å². The van der Waals surface area contributed by atoms with Crippen LogP contribution in [-0.4, -0.2) is 84.2 Å². The average molecular weight is 596 g/mol. The van der Waals surface area contributed by atoms with Crippen LogP contribution in [0.2, 0.25) is 0 Å². The number of aryl methyl sites for hydroxylation is 3. The molecule has 2 amide bonds. The van der Waals surface area contributed by atoms with Crippen LogP contribution in [0.15, 0.2) is 48.9 Å². The molecule has 1 unspecified atom stereocenters. The molecule has 14 heteroatoms. The maximum absolute atomic E-state index is 13.1. The van der Waals surface area contributed by atoms with Gasteiger partial charge in [-0.3, -0.25) is 19.2 Å². The zero-order valence-corrected chi connectivity index (χ0v) is 24.9. The Morgan fingerprint density at radius 2 is 2.02 bits per heavy atom. The monoisotopic (exact) mass is 595 g/mol. The molecule has 14 nitrogen and oxygen atoms in total. The number of rotatable bonds is 9. The van der Waals surface area contributed by atoms with Crippen molar-refractivity contribution in [3.05, 3.63) is 65.9 Å². The first kappa shape index (κ1) is 28.7. The van der Waals surface area contributed by atoms with Crippen molar-refractivity contribution in [2.75, 3.05) is 37.3 Å². The molecule has 0 radical (unpaired) electrons. The first-order valence-corrected chi connectivity index (χ1v) is 14.2. The number of carbonyl (C=O) groups excluding carboxylic acids is 2. The van der Waals surface area contributed by atoms with E-state index in [1.54, 1.807) is 10.9 Å². The predicted molar refractivity (Wildman–Crippen MR) is 165 cm³/mol. The number of hydrogen-bond donors (Lipinski definition) is 4. The van der Waals surface area contributed by atoms with Crippen molar-refractivity contribution in [3.63, 3.8) is 0 Å². The molecular weight excluding hydrogens is 562 g/mol. The number of aromatic nitrogens is 7. The van der Waals surface area contributed by atoms with Crippen LogP contribution in [0.5, 0.6) is 6.01 Å². The summed E-state index contributed by atoms with van der Waals surface area (Å²) in [5.41, 5.74) is 5.33. The third-order valence-electron chi connectivity index (χ3n) is 7.53. The molecule has 0 aliphatic carbocycles.